The molecule has 0 atom stereocenters. The molecule has 0 saturated heterocycles. The highest BCUT2D eigenvalue weighted by Crippen LogP contribution is 2.34. The van der Waals surface area contributed by atoms with Gasteiger partial charge in [0, 0.05) is 26.1 Å². The Morgan fingerprint density at radius 1 is 1.00 bits per heavy atom. The maximum Gasteiger partial charge on any atom is 0.412 e. The Kier molecular flexibility index (Phi) is 6.63. The minimum Gasteiger partial charge on any atom is -1.00 e. The van der Waals surface area contributed by atoms with Crippen LogP contribution < -0.4 is 44.1 Å². The number of nitrogens with one attached hydrogen (secondary N) is 2. The molecule has 2 rings (SSSR count). The van der Waals surface area contributed by atoms with Gasteiger partial charge in [-0.25, -0.2) is 9.59 Å². The van der Waals surface area contributed by atoms with Crippen molar-refractivity contribution in [1.29, 1.82) is 0 Å². The maximum atomic E-state index is 11.5. The van der Waals surface area contributed by atoms with Crippen LogP contribution in [0.1, 0.15) is 11.1 Å². The van der Waals surface area contributed by atoms with Crippen molar-refractivity contribution in [2.45, 2.75) is 13.0 Å². The fraction of sp³-hybridized carbons (Fsp3) is 0.467. The molecular weight excluding hydrogens is 413 g/mol. The van der Waals surface area contributed by atoms with Gasteiger partial charge in [-0.15, -0.1) is 0 Å². The Bertz CT molecular complexity index is 605. The average Bonchev–Trinajstić information content (AvgIpc) is 2.47. The normalized spacial score (nSPS) is 14.8. The minimum absolute atomic E-state index is 0. The van der Waals surface area contributed by atoms with Gasteiger partial charge >= 0.3 is 12.2 Å². The van der Waals surface area contributed by atoms with Crippen molar-refractivity contribution in [2.24, 2.45) is 0 Å². The first-order valence-electron chi connectivity index (χ1n) is 7.11. The van der Waals surface area contributed by atoms with Gasteiger partial charge in [0.1, 0.15) is 6.54 Å². The lowest BCUT2D eigenvalue weighted by Gasteiger charge is -2.35. The highest BCUT2D eigenvalue weighted by Gasteiger charge is 2.27. The molecule has 1 aromatic carbocycles. The van der Waals surface area contributed by atoms with Gasteiger partial charge in [-0.05, 0) is 17.7 Å². The average molecular weight is 435 g/mol. The monoisotopic (exact) mass is 435 g/mol. The summed E-state index contributed by atoms with van der Waals surface area (Å²) < 4.78 is 11.3. The van der Waals surface area contributed by atoms with Crippen LogP contribution in [-0.2, 0) is 13.0 Å². The summed E-state index contributed by atoms with van der Waals surface area (Å²) in [6, 6.07) is 3.56. The Balaban J connectivity index is 0.00000264. The van der Waals surface area contributed by atoms with Crippen molar-refractivity contribution in [3.8, 4) is 11.5 Å². The third-order valence-corrected chi connectivity index (χ3v) is 3.66. The molecular formula is C15H22IN3O4. The summed E-state index contributed by atoms with van der Waals surface area (Å²) in [5.74, 6) is 0.484. The van der Waals surface area contributed by atoms with E-state index in [1.54, 1.807) is 12.1 Å². The number of fused-ring (bicyclic) bond motifs is 1. The summed E-state index contributed by atoms with van der Waals surface area (Å²) in [6.45, 7) is 1.84. The van der Waals surface area contributed by atoms with E-state index in [0.29, 0.717) is 0 Å². The quantitative estimate of drug-likeness (QED) is 0.428. The third kappa shape index (κ3) is 4.96. The summed E-state index contributed by atoms with van der Waals surface area (Å²) in [6.07, 6.45) is -0.327. The lowest BCUT2D eigenvalue weighted by Crippen LogP contribution is -3.00. The number of carbonyl (C=O) groups excluding carboxylic acids is 2. The molecule has 23 heavy (non-hydrogen) atoms. The van der Waals surface area contributed by atoms with Gasteiger partial charge in [-0.3, -0.25) is 0 Å². The number of amides is 2. The number of hydrogen-bond acceptors (Lipinski definition) is 4. The summed E-state index contributed by atoms with van der Waals surface area (Å²) in [5, 5.41) is 4.76. The molecule has 0 saturated carbocycles. The zero-order valence-corrected chi connectivity index (χ0v) is 15.9. The van der Waals surface area contributed by atoms with E-state index >= 15 is 0 Å². The van der Waals surface area contributed by atoms with Crippen LogP contribution in [0.25, 0.3) is 0 Å². The number of rotatable bonds is 2. The molecule has 2 amide bonds. The van der Waals surface area contributed by atoms with Gasteiger partial charge in [0.15, 0.2) is 11.5 Å². The van der Waals surface area contributed by atoms with E-state index in [9.17, 15) is 9.59 Å². The molecule has 1 aromatic rings. The first-order valence-corrected chi connectivity index (χ1v) is 7.11. The highest BCUT2D eigenvalue weighted by molar-refractivity contribution is 5.74. The fourth-order valence-electron chi connectivity index (χ4n) is 2.45. The smallest absolute Gasteiger partial charge is 0.412 e. The van der Waals surface area contributed by atoms with Crippen LogP contribution in [0.4, 0.5) is 9.59 Å². The molecule has 1 aliphatic rings. The standard InChI is InChI=1S/C15H21N3O4.HI/c1-16-14(19)21-12-7-10-5-6-18(3,4)9-11(10)8-13(12)22-15(20)17-2;/h7-8H,5-6,9H2,1-4H3,(H-,16,17,19,20);1H. The summed E-state index contributed by atoms with van der Waals surface area (Å²) in [5.41, 5.74) is 2.21. The van der Waals surface area contributed by atoms with E-state index < -0.39 is 12.2 Å². The van der Waals surface area contributed by atoms with Crippen LogP contribution in [0.5, 0.6) is 11.5 Å². The van der Waals surface area contributed by atoms with Crippen LogP contribution in [0.15, 0.2) is 12.1 Å². The SMILES string of the molecule is CNC(=O)Oc1cc2c(cc1OC(=O)NC)C[N+](C)(C)CC2.[I-]. The number of likely N-dealkylation sites (N-methyl/N-ethyl adjacent to an activating group) is 1. The molecule has 1 aliphatic heterocycles. The van der Waals surface area contributed by atoms with Gasteiger partial charge in [0.05, 0.1) is 20.6 Å². The third-order valence-electron chi connectivity index (χ3n) is 3.66. The molecule has 7 nitrogen and oxygen atoms in total. The van der Waals surface area contributed by atoms with Crippen molar-refractivity contribution in [3.63, 3.8) is 0 Å². The number of nitrogens with zero attached hydrogens (tertiary/aromatic N) is 1. The van der Waals surface area contributed by atoms with Gasteiger partial charge in [-0.2, -0.15) is 0 Å². The second kappa shape index (κ2) is 7.82. The summed E-state index contributed by atoms with van der Waals surface area (Å²) >= 11 is 0. The van der Waals surface area contributed by atoms with Crippen LogP contribution in [0.2, 0.25) is 0 Å². The van der Waals surface area contributed by atoms with Gasteiger partial charge in [0.25, 0.3) is 0 Å². The zero-order valence-electron chi connectivity index (χ0n) is 13.7. The molecule has 0 aliphatic carbocycles. The van der Waals surface area contributed by atoms with Crippen LogP contribution >= 0.6 is 0 Å². The number of carbonyl (C=O) groups is 2. The molecule has 0 spiro atoms. The highest BCUT2D eigenvalue weighted by atomic mass is 127. The van der Waals surface area contributed by atoms with Crippen LogP contribution in [0, 0.1) is 0 Å². The number of quaternary nitrogens is 1. The molecule has 128 valence electrons. The largest absolute Gasteiger partial charge is 1.00 e. The Morgan fingerprint density at radius 3 is 1.96 bits per heavy atom. The van der Waals surface area contributed by atoms with E-state index in [-0.39, 0.29) is 35.5 Å². The van der Waals surface area contributed by atoms with Gasteiger partial charge < -0.3 is 48.6 Å². The predicted molar refractivity (Wildman–Crippen MR) is 81.0 cm³/mol. The van der Waals surface area contributed by atoms with E-state index in [1.807, 2.05) is 0 Å². The minimum atomic E-state index is -0.605. The first kappa shape index (κ1) is 19.5. The van der Waals surface area contributed by atoms with Crippen LogP contribution in [0.3, 0.4) is 0 Å². The summed E-state index contributed by atoms with van der Waals surface area (Å²) in [4.78, 5) is 23.0. The van der Waals surface area contributed by atoms with Crippen molar-refractivity contribution in [2.75, 3.05) is 34.7 Å². The number of ether oxygens (including phenoxy) is 2. The van der Waals surface area contributed by atoms with Gasteiger partial charge in [0.2, 0.25) is 0 Å². The van der Waals surface area contributed by atoms with E-state index in [0.717, 1.165) is 35.1 Å². The molecule has 0 bridgehead atoms. The Morgan fingerprint density at radius 2 is 1.48 bits per heavy atom. The van der Waals surface area contributed by atoms with E-state index in [1.165, 1.54) is 14.1 Å². The molecule has 0 unspecified atom stereocenters. The van der Waals surface area contributed by atoms with E-state index in [4.69, 9.17) is 9.47 Å². The lowest BCUT2D eigenvalue weighted by atomic mass is 9.98. The predicted octanol–water partition coefficient (Wildman–Crippen LogP) is -1.74. The van der Waals surface area contributed by atoms with Crippen molar-refractivity contribution >= 4 is 12.2 Å². The molecule has 0 radical (unpaired) electrons. The topological polar surface area (TPSA) is 76.7 Å². The van der Waals surface area contributed by atoms with Crippen LogP contribution in [-0.4, -0.2) is 51.4 Å². The van der Waals surface area contributed by atoms with Gasteiger partial charge in [-0.1, -0.05) is 0 Å². The maximum absolute atomic E-state index is 11.5. The molecule has 0 aromatic heterocycles. The lowest BCUT2D eigenvalue weighted by molar-refractivity contribution is -0.905. The second-order valence-corrected chi connectivity index (χ2v) is 5.91. The Hall–Kier alpha value is -1.55. The second-order valence-electron chi connectivity index (χ2n) is 5.91. The van der Waals surface area contributed by atoms with Crippen molar-refractivity contribution < 1.29 is 47.5 Å². The number of halogens is 1. The Labute approximate surface area is 152 Å². The molecule has 1 heterocycles. The molecule has 8 heteroatoms. The fourth-order valence-corrected chi connectivity index (χ4v) is 2.45. The van der Waals surface area contributed by atoms with E-state index in [2.05, 4.69) is 24.7 Å². The first-order chi connectivity index (χ1) is 10.3. The number of hydrogen-bond donors (Lipinski definition) is 2. The van der Waals surface area contributed by atoms with Crippen molar-refractivity contribution in [1.82, 2.24) is 10.6 Å². The summed E-state index contributed by atoms with van der Waals surface area (Å²) in [7, 11) is 7.24. The molecule has 2 N–H and O–H groups in total. The molecule has 0 fully saturated rings. The zero-order chi connectivity index (χ0) is 16.3. The number of benzene rings is 1. The van der Waals surface area contributed by atoms with Crippen molar-refractivity contribution in [3.05, 3.63) is 23.3 Å².